The monoisotopic (exact) mass is 167 g/mol. The fourth-order valence-corrected chi connectivity index (χ4v) is 1.63. The lowest BCUT2D eigenvalue weighted by atomic mass is 9.94. The first-order chi connectivity index (χ1) is 5.74. The highest BCUT2D eigenvalue weighted by Crippen LogP contribution is 2.23. The second kappa shape index (κ2) is 4.49. The molecule has 0 radical (unpaired) electrons. The molecule has 68 valence electrons. The molecule has 0 aromatic heterocycles. The number of terminal acetylenes is 1. The van der Waals surface area contributed by atoms with Crippen molar-refractivity contribution in [1.82, 2.24) is 0 Å². The fraction of sp³-hybridized carbons (Fsp3) is 0.800. The first kappa shape index (κ1) is 9.57. The number of hydrogen-bond donors (Lipinski definition) is 1. The van der Waals surface area contributed by atoms with Crippen LogP contribution in [0.25, 0.3) is 0 Å². The molecule has 0 bridgehead atoms. The minimum absolute atomic E-state index is 0.228. The van der Waals surface area contributed by atoms with E-state index in [2.05, 4.69) is 12.8 Å². The summed E-state index contributed by atoms with van der Waals surface area (Å²) >= 11 is 0. The van der Waals surface area contributed by atoms with E-state index in [9.17, 15) is 0 Å². The first-order valence-electron chi connectivity index (χ1n) is 4.54. The van der Waals surface area contributed by atoms with Crippen molar-refractivity contribution in [2.45, 2.75) is 38.3 Å². The fourth-order valence-electron chi connectivity index (χ4n) is 1.63. The molecule has 1 fully saturated rings. The third-order valence-corrected chi connectivity index (χ3v) is 2.46. The maximum absolute atomic E-state index is 5.95. The summed E-state index contributed by atoms with van der Waals surface area (Å²) in [6, 6.07) is 0.228. The summed E-state index contributed by atoms with van der Waals surface area (Å²) < 4.78 is 5.43. The lowest BCUT2D eigenvalue weighted by molar-refractivity contribution is 0.118. The van der Waals surface area contributed by atoms with Crippen LogP contribution in [-0.4, -0.2) is 18.8 Å². The Balaban J connectivity index is 2.24. The Bertz CT molecular complexity index is 173. The van der Waals surface area contributed by atoms with E-state index in [-0.39, 0.29) is 6.04 Å². The van der Waals surface area contributed by atoms with Gasteiger partial charge in [0.05, 0.1) is 12.7 Å². The quantitative estimate of drug-likeness (QED) is 0.640. The van der Waals surface area contributed by atoms with Gasteiger partial charge in [-0.05, 0) is 25.7 Å². The van der Waals surface area contributed by atoms with Crippen LogP contribution in [0, 0.1) is 18.3 Å². The van der Waals surface area contributed by atoms with Crippen LogP contribution < -0.4 is 5.73 Å². The molecule has 0 aromatic carbocycles. The van der Waals surface area contributed by atoms with Gasteiger partial charge in [0, 0.05) is 12.5 Å². The summed E-state index contributed by atoms with van der Waals surface area (Å²) in [5, 5.41) is 0. The zero-order valence-electron chi connectivity index (χ0n) is 7.62. The van der Waals surface area contributed by atoms with Crippen molar-refractivity contribution in [1.29, 1.82) is 0 Å². The molecule has 0 aliphatic carbocycles. The average Bonchev–Trinajstić information content (AvgIpc) is 2.47. The maximum atomic E-state index is 5.95. The Morgan fingerprint density at radius 2 is 2.50 bits per heavy atom. The van der Waals surface area contributed by atoms with Crippen LogP contribution in [0.4, 0.5) is 0 Å². The third-order valence-electron chi connectivity index (χ3n) is 2.46. The lowest BCUT2D eigenvalue weighted by Crippen LogP contribution is -2.30. The Hall–Kier alpha value is -0.520. The molecule has 3 atom stereocenters. The van der Waals surface area contributed by atoms with Crippen molar-refractivity contribution in [3.63, 3.8) is 0 Å². The van der Waals surface area contributed by atoms with E-state index >= 15 is 0 Å². The summed E-state index contributed by atoms with van der Waals surface area (Å²) in [5.41, 5.74) is 5.95. The zero-order chi connectivity index (χ0) is 8.97. The van der Waals surface area contributed by atoms with Gasteiger partial charge in [-0.2, -0.15) is 0 Å². The molecule has 1 heterocycles. The molecular formula is C10H17NO. The van der Waals surface area contributed by atoms with Crippen LogP contribution in [0.3, 0.4) is 0 Å². The second-order valence-corrected chi connectivity index (χ2v) is 3.55. The van der Waals surface area contributed by atoms with Crippen molar-refractivity contribution in [3.8, 4) is 12.3 Å². The van der Waals surface area contributed by atoms with Crippen LogP contribution in [-0.2, 0) is 4.74 Å². The molecule has 12 heavy (non-hydrogen) atoms. The summed E-state index contributed by atoms with van der Waals surface area (Å²) in [5.74, 6) is 3.13. The molecule has 0 saturated carbocycles. The molecule has 1 aliphatic rings. The molecule has 1 rings (SSSR count). The molecule has 0 amide bonds. The van der Waals surface area contributed by atoms with E-state index in [1.54, 1.807) is 0 Å². The van der Waals surface area contributed by atoms with Gasteiger partial charge in [-0.1, -0.05) is 0 Å². The summed E-state index contributed by atoms with van der Waals surface area (Å²) in [7, 11) is 0. The van der Waals surface area contributed by atoms with Crippen molar-refractivity contribution >= 4 is 0 Å². The van der Waals surface area contributed by atoms with Gasteiger partial charge in [-0.15, -0.1) is 12.3 Å². The SMILES string of the molecule is C#CCCC(N)C1COC(C)C1. The van der Waals surface area contributed by atoms with E-state index in [1.807, 2.05) is 0 Å². The molecule has 2 nitrogen and oxygen atoms in total. The smallest absolute Gasteiger partial charge is 0.0551 e. The van der Waals surface area contributed by atoms with E-state index < -0.39 is 0 Å². The minimum Gasteiger partial charge on any atom is -0.378 e. The highest BCUT2D eigenvalue weighted by Gasteiger charge is 2.26. The van der Waals surface area contributed by atoms with Gasteiger partial charge >= 0.3 is 0 Å². The van der Waals surface area contributed by atoms with Crippen LogP contribution in [0.2, 0.25) is 0 Å². The molecule has 0 aromatic rings. The predicted molar refractivity (Wildman–Crippen MR) is 49.6 cm³/mol. The van der Waals surface area contributed by atoms with Gasteiger partial charge in [-0.3, -0.25) is 0 Å². The number of ether oxygens (including phenoxy) is 1. The van der Waals surface area contributed by atoms with Gasteiger partial charge < -0.3 is 10.5 Å². The molecule has 3 unspecified atom stereocenters. The summed E-state index contributed by atoms with van der Waals surface area (Å²) in [6.45, 7) is 2.90. The van der Waals surface area contributed by atoms with E-state index in [4.69, 9.17) is 16.9 Å². The summed E-state index contributed by atoms with van der Waals surface area (Å²) in [4.78, 5) is 0. The third kappa shape index (κ3) is 2.51. The van der Waals surface area contributed by atoms with Gasteiger partial charge in [0.25, 0.3) is 0 Å². The predicted octanol–water partition coefficient (Wildman–Crippen LogP) is 1.15. The standard InChI is InChI=1S/C10H17NO/c1-3-4-5-10(11)9-6-8(2)12-7-9/h1,8-10H,4-7,11H2,2H3. The highest BCUT2D eigenvalue weighted by molar-refractivity contribution is 4.88. The van der Waals surface area contributed by atoms with Crippen molar-refractivity contribution in [2.24, 2.45) is 11.7 Å². The first-order valence-corrected chi connectivity index (χ1v) is 4.54. The molecule has 2 N–H and O–H groups in total. The van der Waals surface area contributed by atoms with Gasteiger partial charge in [-0.25, -0.2) is 0 Å². The highest BCUT2D eigenvalue weighted by atomic mass is 16.5. The topological polar surface area (TPSA) is 35.2 Å². The van der Waals surface area contributed by atoms with Crippen LogP contribution in [0.1, 0.15) is 26.2 Å². The van der Waals surface area contributed by atoms with Gasteiger partial charge in [0.15, 0.2) is 0 Å². The van der Waals surface area contributed by atoms with Crippen molar-refractivity contribution in [2.75, 3.05) is 6.61 Å². The second-order valence-electron chi connectivity index (χ2n) is 3.55. The Morgan fingerprint density at radius 3 is 3.00 bits per heavy atom. The molecule has 2 heteroatoms. The van der Waals surface area contributed by atoms with Crippen molar-refractivity contribution < 1.29 is 4.74 Å². The van der Waals surface area contributed by atoms with Gasteiger partial charge in [0.1, 0.15) is 0 Å². The Kier molecular flexibility index (Phi) is 3.58. The number of hydrogen-bond acceptors (Lipinski definition) is 2. The van der Waals surface area contributed by atoms with Gasteiger partial charge in [0.2, 0.25) is 0 Å². The number of rotatable bonds is 3. The molecular weight excluding hydrogens is 150 g/mol. The van der Waals surface area contributed by atoms with Crippen LogP contribution in [0.5, 0.6) is 0 Å². The lowest BCUT2D eigenvalue weighted by Gasteiger charge is -2.15. The zero-order valence-corrected chi connectivity index (χ0v) is 7.62. The van der Waals surface area contributed by atoms with Crippen LogP contribution in [0.15, 0.2) is 0 Å². The van der Waals surface area contributed by atoms with E-state index in [0.717, 1.165) is 25.9 Å². The Morgan fingerprint density at radius 1 is 1.75 bits per heavy atom. The number of nitrogens with two attached hydrogens (primary N) is 1. The molecule has 1 saturated heterocycles. The average molecular weight is 167 g/mol. The van der Waals surface area contributed by atoms with E-state index in [0.29, 0.717) is 12.0 Å². The molecule has 0 spiro atoms. The summed E-state index contributed by atoms with van der Waals surface area (Å²) in [6.07, 6.45) is 8.35. The largest absolute Gasteiger partial charge is 0.378 e. The van der Waals surface area contributed by atoms with E-state index in [1.165, 1.54) is 0 Å². The van der Waals surface area contributed by atoms with Crippen molar-refractivity contribution in [3.05, 3.63) is 0 Å². The Labute approximate surface area is 74.5 Å². The van der Waals surface area contributed by atoms with Crippen LogP contribution >= 0.6 is 0 Å². The minimum atomic E-state index is 0.228. The molecule has 1 aliphatic heterocycles. The maximum Gasteiger partial charge on any atom is 0.0551 e. The normalized spacial score (nSPS) is 31.4.